The second-order valence-electron chi connectivity index (χ2n) is 7.27. The number of nitrogens with two attached hydrogens (primary N) is 1. The van der Waals surface area contributed by atoms with Crippen LogP contribution in [0.25, 0.3) is 0 Å². The maximum atomic E-state index is 12.5. The van der Waals surface area contributed by atoms with Gasteiger partial charge in [-0.3, -0.25) is 10.1 Å². The number of carboxylic acids is 1. The molecule has 2 aromatic carbocycles. The lowest BCUT2D eigenvalue weighted by molar-refractivity contribution is 0.0696. The number of aromatic carboxylic acids is 1. The summed E-state index contributed by atoms with van der Waals surface area (Å²) in [6.07, 6.45) is 0.291. The third-order valence-electron chi connectivity index (χ3n) is 4.63. The molecule has 31 heavy (non-hydrogen) atoms. The molecule has 9 nitrogen and oxygen atoms in total. The molecule has 6 N–H and O–H groups in total. The number of nitrogens with zero attached hydrogens (tertiary/aromatic N) is 1. The normalized spacial score (nSPS) is 10.7. The molecule has 0 radical (unpaired) electrons. The number of carbonyl (C=O) groups excluding carboxylic acids is 2. The summed E-state index contributed by atoms with van der Waals surface area (Å²) >= 11 is 0. The number of primary amides is 1. The molecule has 0 saturated heterocycles. The molecule has 0 fully saturated rings. The van der Waals surface area contributed by atoms with Crippen LogP contribution in [0, 0.1) is 0 Å². The summed E-state index contributed by atoms with van der Waals surface area (Å²) in [6, 6.07) is 13.1. The molecule has 0 saturated carbocycles. The van der Waals surface area contributed by atoms with Gasteiger partial charge in [-0.2, -0.15) is 0 Å². The number of urea groups is 1. The second-order valence-corrected chi connectivity index (χ2v) is 7.27. The Hall–Kier alpha value is -4.14. The summed E-state index contributed by atoms with van der Waals surface area (Å²) < 4.78 is 0. The van der Waals surface area contributed by atoms with Crippen molar-refractivity contribution in [2.75, 3.05) is 10.6 Å². The van der Waals surface area contributed by atoms with Crippen LogP contribution < -0.4 is 16.4 Å². The van der Waals surface area contributed by atoms with E-state index in [4.69, 9.17) is 10.8 Å². The minimum atomic E-state index is -1.02. The van der Waals surface area contributed by atoms with Crippen molar-refractivity contribution in [3.05, 3.63) is 76.7 Å². The van der Waals surface area contributed by atoms with E-state index in [1.165, 1.54) is 12.1 Å². The fourth-order valence-electron chi connectivity index (χ4n) is 3.11. The molecular formula is C22H23N5O4. The number of hydrogen-bond donors (Lipinski definition) is 5. The molecule has 0 unspecified atom stereocenters. The number of imidazole rings is 1. The van der Waals surface area contributed by atoms with Gasteiger partial charge in [-0.1, -0.05) is 44.2 Å². The predicted octanol–water partition coefficient (Wildman–Crippen LogP) is 3.57. The van der Waals surface area contributed by atoms with Gasteiger partial charge in [0.25, 0.3) is 5.91 Å². The number of H-pyrrole nitrogens is 1. The molecule has 0 aliphatic heterocycles. The number of anilines is 2. The molecule has 9 heteroatoms. The smallest absolute Gasteiger partial charge is 0.335 e. The predicted molar refractivity (Wildman–Crippen MR) is 116 cm³/mol. The first-order valence-electron chi connectivity index (χ1n) is 9.62. The van der Waals surface area contributed by atoms with Gasteiger partial charge in [0.15, 0.2) is 5.82 Å². The van der Waals surface area contributed by atoms with E-state index in [0.29, 0.717) is 17.9 Å². The lowest BCUT2D eigenvalue weighted by atomic mass is 10.0. The van der Waals surface area contributed by atoms with Gasteiger partial charge >= 0.3 is 12.0 Å². The minimum Gasteiger partial charge on any atom is -0.478 e. The van der Waals surface area contributed by atoms with Crippen LogP contribution in [0.5, 0.6) is 0 Å². The quantitative estimate of drug-likeness (QED) is 0.395. The van der Waals surface area contributed by atoms with Crippen LogP contribution in [-0.2, 0) is 6.42 Å². The number of carboxylic acid groups (broad SMARTS) is 1. The highest BCUT2D eigenvalue weighted by atomic mass is 16.4. The maximum Gasteiger partial charge on any atom is 0.335 e. The number of rotatable bonds is 7. The van der Waals surface area contributed by atoms with Crippen LogP contribution >= 0.6 is 0 Å². The van der Waals surface area contributed by atoms with E-state index in [1.54, 1.807) is 18.2 Å². The largest absolute Gasteiger partial charge is 0.478 e. The Morgan fingerprint density at radius 3 is 2.35 bits per heavy atom. The first-order valence-corrected chi connectivity index (χ1v) is 9.62. The average Bonchev–Trinajstić information content (AvgIpc) is 3.10. The summed E-state index contributed by atoms with van der Waals surface area (Å²) in [5.41, 5.74) is 7.97. The summed E-state index contributed by atoms with van der Waals surface area (Å²) in [4.78, 5) is 42.4. The number of para-hydroxylation sites is 1. The average molecular weight is 421 g/mol. The zero-order valence-corrected chi connectivity index (χ0v) is 17.1. The van der Waals surface area contributed by atoms with Gasteiger partial charge in [0.05, 0.1) is 5.56 Å². The highest BCUT2D eigenvalue weighted by Crippen LogP contribution is 2.24. The van der Waals surface area contributed by atoms with E-state index in [-0.39, 0.29) is 23.0 Å². The molecule has 0 spiro atoms. The lowest BCUT2D eigenvalue weighted by Gasteiger charge is -2.13. The van der Waals surface area contributed by atoms with Crippen LogP contribution in [0.4, 0.5) is 16.3 Å². The lowest BCUT2D eigenvalue weighted by Crippen LogP contribution is -2.23. The van der Waals surface area contributed by atoms with Crippen molar-refractivity contribution in [2.24, 2.45) is 5.73 Å². The Morgan fingerprint density at radius 1 is 1.06 bits per heavy atom. The monoisotopic (exact) mass is 421 g/mol. The van der Waals surface area contributed by atoms with Crippen LogP contribution in [0.3, 0.4) is 0 Å². The van der Waals surface area contributed by atoms with Crippen molar-refractivity contribution in [1.82, 2.24) is 9.97 Å². The molecule has 3 rings (SSSR count). The third kappa shape index (κ3) is 5.27. The van der Waals surface area contributed by atoms with E-state index in [9.17, 15) is 14.4 Å². The molecule has 0 aliphatic carbocycles. The van der Waals surface area contributed by atoms with E-state index in [2.05, 4.69) is 20.6 Å². The van der Waals surface area contributed by atoms with E-state index in [1.807, 2.05) is 32.0 Å². The Labute approximate surface area is 178 Å². The van der Waals surface area contributed by atoms with E-state index in [0.717, 1.165) is 11.1 Å². The second kappa shape index (κ2) is 9.12. The zero-order chi connectivity index (χ0) is 22.5. The summed E-state index contributed by atoms with van der Waals surface area (Å²) in [5, 5.41) is 14.3. The van der Waals surface area contributed by atoms with Gasteiger partial charge in [0.2, 0.25) is 0 Å². The standard InChI is InChI=1S/C22H23N5O4/c1-12(2)15-5-3-4-6-16(15)24-22(31)27-20-18(19(23)28)25-17(26-20)11-13-7-9-14(10-8-13)21(29)30/h3-10,12H,11H2,1-2H3,(H2,23,28)(H,25,26)(H,29,30)(H2,24,27,31). The Balaban J connectivity index is 1.77. The molecule has 160 valence electrons. The van der Waals surface area contributed by atoms with Gasteiger partial charge in [-0.25, -0.2) is 14.6 Å². The molecule has 3 aromatic rings. The van der Waals surface area contributed by atoms with Crippen molar-refractivity contribution < 1.29 is 19.5 Å². The molecule has 0 bridgehead atoms. The molecule has 3 amide bonds. The number of amides is 3. The highest BCUT2D eigenvalue weighted by molar-refractivity contribution is 6.04. The van der Waals surface area contributed by atoms with Crippen molar-refractivity contribution in [3.8, 4) is 0 Å². The highest BCUT2D eigenvalue weighted by Gasteiger charge is 2.18. The van der Waals surface area contributed by atoms with Crippen molar-refractivity contribution in [3.63, 3.8) is 0 Å². The summed E-state index contributed by atoms with van der Waals surface area (Å²) in [6.45, 7) is 4.04. The number of carbonyl (C=O) groups is 3. The molecule has 0 aliphatic rings. The number of nitrogens with one attached hydrogen (secondary N) is 3. The van der Waals surface area contributed by atoms with E-state index >= 15 is 0 Å². The first kappa shape index (κ1) is 21.6. The topological polar surface area (TPSA) is 150 Å². The third-order valence-corrected chi connectivity index (χ3v) is 4.63. The van der Waals surface area contributed by atoms with Gasteiger partial charge in [0.1, 0.15) is 11.5 Å². The summed E-state index contributed by atoms with van der Waals surface area (Å²) in [7, 11) is 0. The maximum absolute atomic E-state index is 12.5. The zero-order valence-electron chi connectivity index (χ0n) is 17.1. The minimum absolute atomic E-state index is 0.0178. The van der Waals surface area contributed by atoms with Crippen LogP contribution in [0.15, 0.2) is 48.5 Å². The van der Waals surface area contributed by atoms with Gasteiger partial charge < -0.3 is 21.1 Å². The SMILES string of the molecule is CC(C)c1ccccc1NC(=O)Nc1nc(Cc2ccc(C(=O)O)cc2)[nH]c1C(N)=O. The number of aromatic nitrogens is 2. The van der Waals surface area contributed by atoms with Crippen LogP contribution in [0.2, 0.25) is 0 Å². The number of aromatic amines is 1. The Bertz CT molecular complexity index is 1120. The van der Waals surface area contributed by atoms with E-state index < -0.39 is 17.9 Å². The van der Waals surface area contributed by atoms with Gasteiger partial charge in [0, 0.05) is 12.1 Å². The fraction of sp³-hybridized carbons (Fsp3) is 0.182. The fourth-order valence-corrected chi connectivity index (χ4v) is 3.11. The Kier molecular flexibility index (Phi) is 6.35. The number of hydrogen-bond acceptors (Lipinski definition) is 4. The molecule has 1 aromatic heterocycles. The van der Waals surface area contributed by atoms with Crippen molar-refractivity contribution >= 4 is 29.4 Å². The summed E-state index contributed by atoms with van der Waals surface area (Å²) in [5.74, 6) is -1.16. The van der Waals surface area contributed by atoms with Crippen LogP contribution in [-0.4, -0.2) is 33.0 Å². The van der Waals surface area contributed by atoms with Gasteiger partial charge in [-0.15, -0.1) is 0 Å². The van der Waals surface area contributed by atoms with Crippen molar-refractivity contribution in [2.45, 2.75) is 26.2 Å². The van der Waals surface area contributed by atoms with Gasteiger partial charge in [-0.05, 0) is 35.2 Å². The van der Waals surface area contributed by atoms with Crippen molar-refractivity contribution in [1.29, 1.82) is 0 Å². The first-order chi connectivity index (χ1) is 14.7. The number of benzene rings is 2. The Morgan fingerprint density at radius 2 is 1.74 bits per heavy atom. The molecule has 1 heterocycles. The molecular weight excluding hydrogens is 398 g/mol. The van der Waals surface area contributed by atoms with Crippen LogP contribution in [0.1, 0.15) is 57.6 Å². The molecule has 0 atom stereocenters.